The first-order valence-corrected chi connectivity index (χ1v) is 8.69. The number of hydrogen-bond donors (Lipinski definition) is 0. The molecule has 2 aromatic rings. The van der Waals surface area contributed by atoms with Crippen LogP contribution in [0.25, 0.3) is 11.4 Å². The molecule has 6 heteroatoms. The molecule has 152 valence electrons. The van der Waals surface area contributed by atoms with Crippen molar-refractivity contribution in [1.29, 1.82) is 0 Å². The summed E-state index contributed by atoms with van der Waals surface area (Å²) in [5.74, 6) is -1.54. The highest BCUT2D eigenvalue weighted by Gasteiger charge is 2.34. The van der Waals surface area contributed by atoms with Crippen molar-refractivity contribution in [3.05, 3.63) is 108 Å². The number of aryl methyl sites for hydroxylation is 1. The molecule has 0 aromatic heterocycles. The van der Waals surface area contributed by atoms with E-state index in [1.165, 1.54) is 6.08 Å². The molecule has 0 fully saturated rings. The Bertz CT molecular complexity index is 909. The van der Waals surface area contributed by atoms with Crippen LogP contribution in [0.5, 0.6) is 0 Å². The molecule has 1 nitrogen and oxygen atoms in total. The van der Waals surface area contributed by atoms with Crippen LogP contribution in [-0.2, 0) is 17.5 Å². The fourth-order valence-corrected chi connectivity index (χ4v) is 2.58. The van der Waals surface area contributed by atoms with Crippen LogP contribution in [0, 0.1) is 0 Å². The van der Waals surface area contributed by atoms with Gasteiger partial charge < -0.3 is 0 Å². The van der Waals surface area contributed by atoms with Gasteiger partial charge in [0.05, 0.1) is 5.56 Å². The summed E-state index contributed by atoms with van der Waals surface area (Å²) in [6.07, 6.45) is 1.52. The Morgan fingerprint density at radius 3 is 2.03 bits per heavy atom. The van der Waals surface area contributed by atoms with E-state index in [0.717, 1.165) is 48.7 Å². The first-order valence-electron chi connectivity index (χ1n) is 8.69. The van der Waals surface area contributed by atoms with Crippen molar-refractivity contribution >= 4 is 11.4 Å². The van der Waals surface area contributed by atoms with Crippen molar-refractivity contribution < 1.29 is 27.0 Å². The number of halogens is 5. The smallest absolute Gasteiger partial charge is 0.207 e. The van der Waals surface area contributed by atoms with Crippen LogP contribution in [0.3, 0.4) is 0 Å². The van der Waals surface area contributed by atoms with E-state index in [4.69, 9.17) is 0 Å². The van der Waals surface area contributed by atoms with E-state index in [0.29, 0.717) is 5.56 Å². The molecule has 29 heavy (non-hydrogen) atoms. The average molecular weight is 406 g/mol. The second-order valence-electron chi connectivity index (χ2n) is 6.20. The molecule has 0 saturated carbocycles. The van der Waals surface area contributed by atoms with E-state index in [9.17, 15) is 22.1 Å². The second kappa shape index (κ2) is 9.98. The van der Waals surface area contributed by atoms with E-state index in [2.05, 4.69) is 18.1 Å². The van der Waals surface area contributed by atoms with E-state index in [-0.39, 0.29) is 11.1 Å². The molecule has 2 rings (SSSR count). The maximum atomic E-state index is 14.4. The van der Waals surface area contributed by atoms with Crippen molar-refractivity contribution in [1.82, 2.24) is 0 Å². The van der Waals surface area contributed by atoms with Gasteiger partial charge in [-0.15, -0.1) is 11.5 Å². The largest absolute Gasteiger partial charge is 0.413 e. The van der Waals surface area contributed by atoms with E-state index < -0.39 is 23.3 Å². The molecule has 0 aliphatic rings. The van der Waals surface area contributed by atoms with Crippen molar-refractivity contribution in [3.8, 4) is 0 Å². The summed E-state index contributed by atoms with van der Waals surface area (Å²) in [6.45, 7) is 6.93. The fourth-order valence-electron chi connectivity index (χ4n) is 2.58. The molecule has 0 bridgehead atoms. The van der Waals surface area contributed by atoms with Gasteiger partial charge in [0.15, 0.2) is 0 Å². The Morgan fingerprint density at radius 2 is 1.52 bits per heavy atom. The Labute approximate surface area is 166 Å². The standard InChI is InChI=1S/C23H19F5O/c1-3-4-5-17-6-8-18(9-7-17)21(16(2)24)14-15-22(25)19-10-12-20(13-11-19)23(26,27)29-28/h3,6-15H,1-2,4-5H2/b21-14+,22-15-. The van der Waals surface area contributed by atoms with Gasteiger partial charge in [0.2, 0.25) is 0 Å². The van der Waals surface area contributed by atoms with Gasteiger partial charge in [0, 0.05) is 11.1 Å². The minimum Gasteiger partial charge on any atom is -0.207 e. The minimum atomic E-state index is -4.12. The monoisotopic (exact) mass is 406 g/mol. The highest BCUT2D eigenvalue weighted by molar-refractivity contribution is 5.79. The molecule has 0 N–H and O–H groups in total. The van der Waals surface area contributed by atoms with Crippen molar-refractivity contribution in [3.63, 3.8) is 0 Å². The lowest BCUT2D eigenvalue weighted by atomic mass is 10.0. The van der Waals surface area contributed by atoms with Crippen LogP contribution in [-0.4, -0.2) is 0 Å². The molecule has 2 aromatic carbocycles. The summed E-state index contributed by atoms with van der Waals surface area (Å²) in [4.78, 5) is 2.60. The van der Waals surface area contributed by atoms with Gasteiger partial charge in [-0.25, -0.2) is 8.78 Å². The molecule has 0 spiro atoms. The highest BCUT2D eigenvalue weighted by atomic mass is 19.4. The third kappa shape index (κ3) is 5.99. The summed E-state index contributed by atoms with van der Waals surface area (Å²) in [5.41, 5.74) is 0.849. The van der Waals surface area contributed by atoms with E-state index in [1.807, 2.05) is 12.1 Å². The van der Waals surface area contributed by atoms with Gasteiger partial charge in [-0.2, -0.15) is 8.78 Å². The number of allylic oxidation sites excluding steroid dienone is 5. The summed E-state index contributed by atoms with van der Waals surface area (Å²) >= 11 is 0. The molecule has 0 heterocycles. The molecular weight excluding hydrogens is 387 g/mol. The zero-order valence-corrected chi connectivity index (χ0v) is 15.5. The fraction of sp³-hybridized carbons (Fsp3) is 0.130. The van der Waals surface area contributed by atoms with Crippen molar-refractivity contribution in [2.24, 2.45) is 0 Å². The van der Waals surface area contributed by atoms with Crippen LogP contribution in [0.4, 0.5) is 22.1 Å². The maximum Gasteiger partial charge on any atom is 0.413 e. The van der Waals surface area contributed by atoms with Gasteiger partial charge in [0.1, 0.15) is 11.7 Å². The average Bonchev–Trinajstić information content (AvgIpc) is 2.73. The van der Waals surface area contributed by atoms with E-state index in [1.54, 1.807) is 18.2 Å². The summed E-state index contributed by atoms with van der Waals surface area (Å²) in [5, 5.41) is 0. The number of alkyl halides is 2. The zero-order chi connectivity index (χ0) is 21.4. The first kappa shape index (κ1) is 22.3. The van der Waals surface area contributed by atoms with Gasteiger partial charge in [-0.3, -0.25) is 0 Å². The molecule has 0 saturated heterocycles. The summed E-state index contributed by atoms with van der Waals surface area (Å²) in [7, 11) is 0. The molecule has 0 aliphatic heterocycles. The van der Waals surface area contributed by atoms with Crippen molar-refractivity contribution in [2.75, 3.05) is 0 Å². The Morgan fingerprint density at radius 1 is 0.931 bits per heavy atom. The van der Waals surface area contributed by atoms with Crippen LogP contribution in [0.15, 0.2) is 85.7 Å². The molecular formula is C23H19F5O. The van der Waals surface area contributed by atoms with Gasteiger partial charge in [-0.05, 0) is 52.8 Å². The summed E-state index contributed by atoms with van der Waals surface area (Å²) < 4.78 is 66.2. The molecule has 0 unspecified atom stereocenters. The lowest BCUT2D eigenvalue weighted by Crippen LogP contribution is -2.13. The number of rotatable bonds is 9. The predicted octanol–water partition coefficient (Wildman–Crippen LogP) is 7.63. The van der Waals surface area contributed by atoms with Gasteiger partial charge in [0.25, 0.3) is 0 Å². The Balaban J connectivity index is 2.25. The third-order valence-corrected chi connectivity index (χ3v) is 4.18. The van der Waals surface area contributed by atoms with Crippen LogP contribution in [0.1, 0.15) is 28.7 Å². The third-order valence-electron chi connectivity index (χ3n) is 4.18. The van der Waals surface area contributed by atoms with Crippen LogP contribution >= 0.6 is 0 Å². The maximum absolute atomic E-state index is 14.4. The Kier molecular flexibility index (Phi) is 7.67. The summed E-state index contributed by atoms with van der Waals surface area (Å²) in [6, 6.07) is 10.8. The molecule has 0 aliphatic carbocycles. The van der Waals surface area contributed by atoms with Crippen molar-refractivity contribution in [2.45, 2.75) is 19.0 Å². The lowest BCUT2D eigenvalue weighted by Gasteiger charge is -2.10. The zero-order valence-electron chi connectivity index (χ0n) is 15.5. The van der Waals surface area contributed by atoms with Crippen LogP contribution in [0.2, 0.25) is 0 Å². The normalized spacial score (nSPS) is 12.7. The predicted molar refractivity (Wildman–Crippen MR) is 105 cm³/mol. The first-order chi connectivity index (χ1) is 13.8. The Hall–Kier alpha value is -2.99. The van der Waals surface area contributed by atoms with Gasteiger partial charge in [-0.1, -0.05) is 49.1 Å². The highest BCUT2D eigenvalue weighted by Crippen LogP contribution is 2.31. The molecule has 0 atom stereocenters. The van der Waals surface area contributed by atoms with Crippen LogP contribution < -0.4 is 0 Å². The lowest BCUT2D eigenvalue weighted by molar-refractivity contribution is -0.364. The van der Waals surface area contributed by atoms with E-state index >= 15 is 0 Å². The topological polar surface area (TPSA) is 9.23 Å². The number of hydrogen-bond acceptors (Lipinski definition) is 1. The minimum absolute atomic E-state index is 0.0387. The second-order valence-corrected chi connectivity index (χ2v) is 6.20. The quantitative estimate of drug-likeness (QED) is 0.236. The molecule has 0 radical (unpaired) electrons. The molecule has 0 amide bonds. The van der Waals surface area contributed by atoms with Gasteiger partial charge >= 0.3 is 6.11 Å². The number of benzene rings is 2. The SMILES string of the molecule is C=CCCc1ccc(/C(=C/C=C(\F)c2ccc(C(F)(F)OF)cc2)C(=C)F)cc1.